The van der Waals surface area contributed by atoms with Crippen molar-refractivity contribution in [3.05, 3.63) is 34.4 Å². The lowest BCUT2D eigenvalue weighted by molar-refractivity contribution is -0.118. The molecule has 0 spiro atoms. The van der Waals surface area contributed by atoms with Crippen LogP contribution in [0.5, 0.6) is 0 Å². The summed E-state index contributed by atoms with van der Waals surface area (Å²) in [6, 6.07) is 4.18. The fourth-order valence-electron chi connectivity index (χ4n) is 1.31. The Bertz CT molecular complexity index is 408. The number of nitrogens with zero attached hydrogens (tertiary/aromatic N) is 1. The lowest BCUT2D eigenvalue weighted by atomic mass is 10.0. The van der Waals surface area contributed by atoms with E-state index in [0.717, 1.165) is 11.1 Å². The number of benzene rings is 1. The molecule has 0 saturated heterocycles. The highest BCUT2D eigenvalue weighted by atomic mass is 16.2. The molecule has 0 bridgehead atoms. The molecule has 1 amide bonds. The SMILES string of the molecule is CC(=O)N/N=C\c1cc(C)c(C)cc1C. The zero-order chi connectivity index (χ0) is 11.4. The molecule has 0 aromatic heterocycles. The van der Waals surface area contributed by atoms with Crippen molar-refractivity contribution in [2.45, 2.75) is 27.7 Å². The third-order valence-electron chi connectivity index (χ3n) is 2.31. The molecule has 0 aliphatic rings. The van der Waals surface area contributed by atoms with Crippen LogP contribution < -0.4 is 5.43 Å². The van der Waals surface area contributed by atoms with Crippen LogP contribution in [-0.4, -0.2) is 12.1 Å². The van der Waals surface area contributed by atoms with Gasteiger partial charge in [0.2, 0.25) is 5.91 Å². The van der Waals surface area contributed by atoms with Crippen LogP contribution in [0.25, 0.3) is 0 Å². The van der Waals surface area contributed by atoms with Gasteiger partial charge in [-0.1, -0.05) is 6.07 Å². The first-order valence-corrected chi connectivity index (χ1v) is 4.88. The van der Waals surface area contributed by atoms with Gasteiger partial charge >= 0.3 is 0 Å². The largest absolute Gasteiger partial charge is 0.274 e. The second kappa shape index (κ2) is 4.73. The second-order valence-corrected chi connectivity index (χ2v) is 3.72. The van der Waals surface area contributed by atoms with Crippen molar-refractivity contribution in [2.75, 3.05) is 0 Å². The molecule has 80 valence electrons. The Morgan fingerprint density at radius 1 is 1.20 bits per heavy atom. The van der Waals surface area contributed by atoms with E-state index in [1.165, 1.54) is 18.1 Å². The fraction of sp³-hybridized carbons (Fsp3) is 0.333. The first kappa shape index (κ1) is 11.4. The second-order valence-electron chi connectivity index (χ2n) is 3.72. The highest BCUT2D eigenvalue weighted by molar-refractivity contribution is 5.83. The van der Waals surface area contributed by atoms with Gasteiger partial charge in [-0.3, -0.25) is 4.79 Å². The zero-order valence-corrected chi connectivity index (χ0v) is 9.59. The number of aryl methyl sites for hydroxylation is 3. The number of hydrogen-bond acceptors (Lipinski definition) is 2. The van der Waals surface area contributed by atoms with Crippen molar-refractivity contribution in [3.63, 3.8) is 0 Å². The summed E-state index contributed by atoms with van der Waals surface area (Å²) in [6.45, 7) is 7.60. The van der Waals surface area contributed by atoms with Crippen molar-refractivity contribution < 1.29 is 4.79 Å². The molecule has 1 aromatic rings. The monoisotopic (exact) mass is 204 g/mol. The van der Waals surface area contributed by atoms with E-state index in [0.29, 0.717) is 0 Å². The molecule has 15 heavy (non-hydrogen) atoms. The fourth-order valence-corrected chi connectivity index (χ4v) is 1.31. The van der Waals surface area contributed by atoms with Crippen molar-refractivity contribution in [1.29, 1.82) is 0 Å². The number of amides is 1. The van der Waals surface area contributed by atoms with E-state index in [4.69, 9.17) is 0 Å². The molecule has 0 aliphatic carbocycles. The van der Waals surface area contributed by atoms with Crippen LogP contribution >= 0.6 is 0 Å². The van der Waals surface area contributed by atoms with E-state index >= 15 is 0 Å². The Balaban J connectivity index is 2.90. The standard InChI is InChI=1S/C12H16N2O/c1-8-5-10(3)12(6-9(8)2)7-13-14-11(4)15/h5-7H,1-4H3,(H,14,15)/b13-7-. The minimum atomic E-state index is -0.160. The molecule has 3 nitrogen and oxygen atoms in total. The molecule has 3 heteroatoms. The van der Waals surface area contributed by atoms with E-state index in [-0.39, 0.29) is 5.91 Å². The topological polar surface area (TPSA) is 41.5 Å². The van der Waals surface area contributed by atoms with Crippen LogP contribution in [0.1, 0.15) is 29.2 Å². The van der Waals surface area contributed by atoms with Crippen LogP contribution in [-0.2, 0) is 4.79 Å². The lowest BCUT2D eigenvalue weighted by Gasteiger charge is -2.05. The predicted octanol–water partition coefficient (Wildman–Crippen LogP) is 2.08. The van der Waals surface area contributed by atoms with Crippen LogP contribution in [0.3, 0.4) is 0 Å². The molecule has 0 aliphatic heterocycles. The van der Waals surface area contributed by atoms with E-state index in [1.54, 1.807) is 6.21 Å². The number of hydrogen-bond donors (Lipinski definition) is 1. The van der Waals surface area contributed by atoms with Crippen LogP contribution in [0.4, 0.5) is 0 Å². The van der Waals surface area contributed by atoms with Gasteiger partial charge in [0.05, 0.1) is 6.21 Å². The van der Waals surface area contributed by atoms with Crippen LogP contribution in [0.2, 0.25) is 0 Å². The zero-order valence-electron chi connectivity index (χ0n) is 9.59. The van der Waals surface area contributed by atoms with E-state index in [9.17, 15) is 4.79 Å². The summed E-state index contributed by atoms with van der Waals surface area (Å²) in [5.41, 5.74) is 7.07. The summed E-state index contributed by atoms with van der Waals surface area (Å²) < 4.78 is 0. The predicted molar refractivity (Wildman–Crippen MR) is 62.1 cm³/mol. The van der Waals surface area contributed by atoms with Crippen molar-refractivity contribution in [3.8, 4) is 0 Å². The first-order chi connectivity index (χ1) is 7.00. The van der Waals surface area contributed by atoms with Gasteiger partial charge in [0, 0.05) is 6.92 Å². The summed E-state index contributed by atoms with van der Waals surface area (Å²) in [7, 11) is 0. The molecule has 0 atom stereocenters. The quantitative estimate of drug-likeness (QED) is 0.581. The average molecular weight is 204 g/mol. The third kappa shape index (κ3) is 3.20. The maximum atomic E-state index is 10.6. The minimum Gasteiger partial charge on any atom is -0.274 e. The van der Waals surface area contributed by atoms with Crippen LogP contribution in [0.15, 0.2) is 17.2 Å². The first-order valence-electron chi connectivity index (χ1n) is 4.88. The van der Waals surface area contributed by atoms with Gasteiger partial charge in [0.25, 0.3) is 0 Å². The maximum Gasteiger partial charge on any atom is 0.236 e. The molecular formula is C12H16N2O. The molecule has 0 unspecified atom stereocenters. The molecule has 0 radical (unpaired) electrons. The Kier molecular flexibility index (Phi) is 3.61. The van der Waals surface area contributed by atoms with Gasteiger partial charge < -0.3 is 0 Å². The molecule has 0 fully saturated rings. The lowest BCUT2D eigenvalue weighted by Crippen LogP contribution is -2.12. The summed E-state index contributed by atoms with van der Waals surface area (Å²) in [5, 5.41) is 3.85. The van der Waals surface area contributed by atoms with Gasteiger partial charge in [-0.15, -0.1) is 0 Å². The Hall–Kier alpha value is -1.64. The molecule has 0 saturated carbocycles. The number of carbonyl (C=O) groups excluding carboxylic acids is 1. The number of hydrazone groups is 1. The normalized spacial score (nSPS) is 10.7. The highest BCUT2D eigenvalue weighted by Gasteiger charge is 1.99. The van der Waals surface area contributed by atoms with E-state index in [2.05, 4.69) is 36.5 Å². The molecule has 1 N–H and O–H groups in total. The summed E-state index contributed by atoms with van der Waals surface area (Å²) >= 11 is 0. The Labute approximate surface area is 90.2 Å². The van der Waals surface area contributed by atoms with Crippen LogP contribution in [0, 0.1) is 20.8 Å². The minimum absolute atomic E-state index is 0.160. The molecule has 0 heterocycles. The molecular weight excluding hydrogens is 188 g/mol. The third-order valence-corrected chi connectivity index (χ3v) is 2.31. The van der Waals surface area contributed by atoms with Gasteiger partial charge in [-0.2, -0.15) is 5.10 Å². The summed E-state index contributed by atoms with van der Waals surface area (Å²) in [5.74, 6) is -0.160. The maximum absolute atomic E-state index is 10.6. The molecule has 1 rings (SSSR count). The van der Waals surface area contributed by atoms with Gasteiger partial charge in [0.15, 0.2) is 0 Å². The number of rotatable bonds is 2. The highest BCUT2D eigenvalue weighted by Crippen LogP contribution is 2.13. The van der Waals surface area contributed by atoms with Gasteiger partial charge in [-0.25, -0.2) is 5.43 Å². The van der Waals surface area contributed by atoms with Gasteiger partial charge in [-0.05, 0) is 49.1 Å². The number of carbonyl (C=O) groups is 1. The Morgan fingerprint density at radius 2 is 1.80 bits per heavy atom. The number of nitrogens with one attached hydrogen (secondary N) is 1. The summed E-state index contributed by atoms with van der Waals surface area (Å²) in [4.78, 5) is 10.6. The molecule has 1 aromatic carbocycles. The smallest absolute Gasteiger partial charge is 0.236 e. The average Bonchev–Trinajstić information content (AvgIpc) is 2.13. The summed E-state index contributed by atoms with van der Waals surface area (Å²) in [6.07, 6.45) is 1.67. The van der Waals surface area contributed by atoms with E-state index in [1.807, 2.05) is 6.92 Å². The van der Waals surface area contributed by atoms with Crippen molar-refractivity contribution >= 4 is 12.1 Å². The van der Waals surface area contributed by atoms with Gasteiger partial charge in [0.1, 0.15) is 0 Å². The Morgan fingerprint density at radius 3 is 2.40 bits per heavy atom. The van der Waals surface area contributed by atoms with Crippen molar-refractivity contribution in [1.82, 2.24) is 5.43 Å². The van der Waals surface area contributed by atoms with E-state index < -0.39 is 0 Å². The van der Waals surface area contributed by atoms with Crippen molar-refractivity contribution in [2.24, 2.45) is 5.10 Å².